The van der Waals surface area contributed by atoms with Gasteiger partial charge in [-0.3, -0.25) is 14.4 Å². The Labute approximate surface area is 150 Å². The first kappa shape index (κ1) is 19.1. The summed E-state index contributed by atoms with van der Waals surface area (Å²) >= 11 is 0. The average molecular weight is 382 g/mol. The number of pyridine rings is 2. The molecule has 0 aliphatic heterocycles. The van der Waals surface area contributed by atoms with Crippen molar-refractivity contribution in [2.45, 2.75) is 38.5 Å². The number of halogens is 4. The Kier molecular flexibility index (Phi) is 4.79. The number of ketones is 3. The maximum Gasteiger partial charge on any atom is 0.434 e. The molecule has 27 heavy (non-hydrogen) atoms. The maximum absolute atomic E-state index is 13.5. The minimum atomic E-state index is -5.01. The fourth-order valence-electron chi connectivity index (χ4n) is 3.04. The molecule has 9 heteroatoms. The quantitative estimate of drug-likeness (QED) is 0.458. The van der Waals surface area contributed by atoms with E-state index in [1.165, 1.54) is 19.1 Å². The lowest BCUT2D eigenvalue weighted by atomic mass is 9.81. The van der Waals surface area contributed by atoms with Crippen molar-refractivity contribution in [2.24, 2.45) is 5.92 Å². The lowest BCUT2D eigenvalue weighted by molar-refractivity contribution is -0.142. The first-order valence-corrected chi connectivity index (χ1v) is 8.22. The van der Waals surface area contributed by atoms with Crippen LogP contribution in [0.15, 0.2) is 18.2 Å². The summed E-state index contributed by atoms with van der Waals surface area (Å²) in [6, 6.07) is 3.47. The summed E-state index contributed by atoms with van der Waals surface area (Å²) in [5.41, 5.74) is -2.87. The topological polar surface area (TPSA) is 77.0 Å². The van der Waals surface area contributed by atoms with Crippen molar-refractivity contribution in [1.29, 1.82) is 0 Å². The van der Waals surface area contributed by atoms with E-state index in [1.807, 2.05) is 0 Å². The number of hydrogen-bond donors (Lipinski definition) is 0. The van der Waals surface area contributed by atoms with Crippen LogP contribution in [0.1, 0.15) is 54.1 Å². The molecule has 0 saturated heterocycles. The van der Waals surface area contributed by atoms with Gasteiger partial charge in [0.05, 0.1) is 11.3 Å². The molecule has 2 heterocycles. The Morgan fingerprint density at radius 3 is 2.33 bits per heavy atom. The van der Waals surface area contributed by atoms with E-state index in [1.54, 1.807) is 0 Å². The molecule has 142 valence electrons. The van der Waals surface area contributed by atoms with Gasteiger partial charge >= 0.3 is 6.18 Å². The number of Topliss-reactive ketones (excluding diaryl/α,β-unsaturated/α-hetero) is 3. The molecule has 1 saturated carbocycles. The summed E-state index contributed by atoms with van der Waals surface area (Å²) in [7, 11) is 0. The fourth-order valence-corrected chi connectivity index (χ4v) is 3.04. The Balaban J connectivity index is 2.18. The number of rotatable bonds is 3. The summed E-state index contributed by atoms with van der Waals surface area (Å²) in [6.07, 6.45) is -6.33. The summed E-state index contributed by atoms with van der Waals surface area (Å²) in [5.74, 6) is -4.33. The maximum atomic E-state index is 13.5. The highest BCUT2D eigenvalue weighted by atomic mass is 19.4. The molecule has 0 amide bonds. The molecule has 0 N–H and O–H groups in total. The van der Waals surface area contributed by atoms with Crippen LogP contribution in [-0.2, 0) is 15.8 Å². The predicted octanol–water partition coefficient (Wildman–Crippen LogP) is 3.80. The van der Waals surface area contributed by atoms with Crippen LogP contribution in [0.5, 0.6) is 0 Å². The SMILES string of the molecule is CC(F)c1ccc2cc(C(=O)C3C(=O)CCCC3=O)c(C(F)(F)F)nc2n1. The van der Waals surface area contributed by atoms with Crippen molar-refractivity contribution < 1.29 is 31.9 Å². The third-order valence-corrected chi connectivity index (χ3v) is 4.39. The van der Waals surface area contributed by atoms with E-state index in [2.05, 4.69) is 9.97 Å². The monoisotopic (exact) mass is 382 g/mol. The zero-order chi connectivity index (χ0) is 19.9. The van der Waals surface area contributed by atoms with E-state index in [4.69, 9.17) is 0 Å². The largest absolute Gasteiger partial charge is 0.434 e. The van der Waals surface area contributed by atoms with Crippen molar-refractivity contribution in [1.82, 2.24) is 9.97 Å². The van der Waals surface area contributed by atoms with E-state index < -0.39 is 46.9 Å². The Hall–Kier alpha value is -2.71. The van der Waals surface area contributed by atoms with E-state index in [9.17, 15) is 31.9 Å². The van der Waals surface area contributed by atoms with Crippen LogP contribution < -0.4 is 0 Å². The molecule has 3 rings (SSSR count). The normalized spacial score (nSPS) is 17.4. The molecule has 2 aromatic heterocycles. The van der Waals surface area contributed by atoms with E-state index >= 15 is 0 Å². The van der Waals surface area contributed by atoms with Gasteiger partial charge < -0.3 is 0 Å². The van der Waals surface area contributed by atoms with Crippen LogP contribution in [0.2, 0.25) is 0 Å². The smallest absolute Gasteiger partial charge is 0.298 e. The number of fused-ring (bicyclic) bond motifs is 1. The lowest BCUT2D eigenvalue weighted by Gasteiger charge is -2.20. The lowest BCUT2D eigenvalue weighted by Crippen LogP contribution is -2.36. The molecule has 0 aromatic carbocycles. The Bertz CT molecular complexity index is 938. The van der Waals surface area contributed by atoms with Gasteiger partial charge in [0.1, 0.15) is 12.1 Å². The predicted molar refractivity (Wildman–Crippen MR) is 85.7 cm³/mol. The molecule has 1 aliphatic carbocycles. The minimum Gasteiger partial charge on any atom is -0.298 e. The van der Waals surface area contributed by atoms with Gasteiger partial charge in [0, 0.05) is 18.2 Å². The molecule has 0 radical (unpaired) electrons. The third-order valence-electron chi connectivity index (χ3n) is 4.39. The fraction of sp³-hybridized carbons (Fsp3) is 0.389. The van der Waals surface area contributed by atoms with Crippen molar-refractivity contribution >= 4 is 28.4 Å². The molecule has 1 atom stereocenters. The van der Waals surface area contributed by atoms with Crippen LogP contribution in [0.25, 0.3) is 11.0 Å². The van der Waals surface area contributed by atoms with Crippen molar-refractivity contribution in [2.75, 3.05) is 0 Å². The molecule has 0 bridgehead atoms. The number of hydrogen-bond acceptors (Lipinski definition) is 5. The van der Waals surface area contributed by atoms with Gasteiger partial charge in [-0.2, -0.15) is 13.2 Å². The molecular weight excluding hydrogens is 368 g/mol. The van der Waals surface area contributed by atoms with Crippen LogP contribution >= 0.6 is 0 Å². The van der Waals surface area contributed by atoms with Crippen LogP contribution in [-0.4, -0.2) is 27.3 Å². The van der Waals surface area contributed by atoms with Gasteiger partial charge in [-0.25, -0.2) is 14.4 Å². The van der Waals surface area contributed by atoms with Gasteiger partial charge in [-0.1, -0.05) is 0 Å². The van der Waals surface area contributed by atoms with Gasteiger partial charge in [0.25, 0.3) is 0 Å². The number of aromatic nitrogens is 2. The number of alkyl halides is 4. The summed E-state index contributed by atoms with van der Waals surface area (Å²) in [5, 5.41) is 0.0754. The van der Waals surface area contributed by atoms with E-state index in [-0.39, 0.29) is 36.0 Å². The molecule has 5 nitrogen and oxygen atoms in total. The standard InChI is InChI=1S/C18H14F4N2O3/c1-8(19)11-6-5-9-7-10(16(18(20,21)22)24-17(9)23-11)15(27)14-12(25)3-2-4-13(14)26/h5-8,14H,2-4H2,1H3. The van der Waals surface area contributed by atoms with Gasteiger partial charge in [-0.15, -0.1) is 0 Å². The van der Waals surface area contributed by atoms with Crippen LogP contribution in [0.4, 0.5) is 17.6 Å². The first-order valence-electron chi connectivity index (χ1n) is 8.22. The highest BCUT2D eigenvalue weighted by molar-refractivity contribution is 6.25. The highest BCUT2D eigenvalue weighted by Crippen LogP contribution is 2.34. The molecule has 1 unspecified atom stereocenters. The van der Waals surface area contributed by atoms with E-state index in [0.717, 1.165) is 6.07 Å². The summed E-state index contributed by atoms with van der Waals surface area (Å²) in [4.78, 5) is 43.7. The van der Waals surface area contributed by atoms with Gasteiger partial charge in [-0.05, 0) is 31.5 Å². The van der Waals surface area contributed by atoms with Gasteiger partial charge in [0.15, 0.2) is 28.7 Å². The van der Waals surface area contributed by atoms with Crippen molar-refractivity contribution in [3.05, 3.63) is 35.2 Å². The summed E-state index contributed by atoms with van der Waals surface area (Å²) in [6.45, 7) is 1.18. The Morgan fingerprint density at radius 1 is 1.15 bits per heavy atom. The second-order valence-electron chi connectivity index (χ2n) is 6.36. The van der Waals surface area contributed by atoms with Crippen LogP contribution in [0.3, 0.4) is 0 Å². The van der Waals surface area contributed by atoms with Crippen molar-refractivity contribution in [3.8, 4) is 0 Å². The van der Waals surface area contributed by atoms with Gasteiger partial charge in [0.2, 0.25) is 0 Å². The molecule has 1 fully saturated rings. The van der Waals surface area contributed by atoms with E-state index in [0.29, 0.717) is 0 Å². The molecule has 0 spiro atoms. The second-order valence-corrected chi connectivity index (χ2v) is 6.36. The van der Waals surface area contributed by atoms with Crippen LogP contribution in [0, 0.1) is 5.92 Å². The number of carbonyl (C=O) groups is 3. The number of nitrogens with zero attached hydrogens (tertiary/aromatic N) is 2. The number of carbonyl (C=O) groups excluding carboxylic acids is 3. The highest BCUT2D eigenvalue weighted by Gasteiger charge is 2.43. The second kappa shape index (κ2) is 6.79. The first-order chi connectivity index (χ1) is 12.6. The van der Waals surface area contributed by atoms with Crippen molar-refractivity contribution in [3.63, 3.8) is 0 Å². The molecule has 1 aliphatic rings. The molecular formula is C18H14F4N2O3. The Morgan fingerprint density at radius 2 is 1.78 bits per heavy atom. The third kappa shape index (κ3) is 3.58. The zero-order valence-corrected chi connectivity index (χ0v) is 14.1. The average Bonchev–Trinajstić information content (AvgIpc) is 2.59. The summed E-state index contributed by atoms with van der Waals surface area (Å²) < 4.78 is 53.8. The zero-order valence-electron chi connectivity index (χ0n) is 14.1. The molecule has 2 aromatic rings. The minimum absolute atomic E-state index is 0.0379.